The fraction of sp³-hybridized carbons (Fsp3) is 0.111. The van der Waals surface area contributed by atoms with Gasteiger partial charge < -0.3 is 5.32 Å². The van der Waals surface area contributed by atoms with Crippen LogP contribution in [0.15, 0.2) is 18.3 Å². The van der Waals surface area contributed by atoms with Gasteiger partial charge in [-0.25, -0.2) is 9.97 Å². The number of aromatic amines is 1. The summed E-state index contributed by atoms with van der Waals surface area (Å²) in [6, 6.07) is 5.38. The van der Waals surface area contributed by atoms with Crippen LogP contribution >= 0.6 is 0 Å². The van der Waals surface area contributed by atoms with Crippen molar-refractivity contribution in [1.82, 2.24) is 20.2 Å². The highest BCUT2D eigenvalue weighted by atomic mass is 15.2. The lowest BCUT2D eigenvalue weighted by molar-refractivity contribution is 1.04. The number of aromatic nitrogens is 4. The van der Waals surface area contributed by atoms with Crippen molar-refractivity contribution in [2.24, 2.45) is 0 Å². The van der Waals surface area contributed by atoms with E-state index in [0.29, 0.717) is 11.6 Å². The number of aryl methyl sites for hydroxylation is 1. The molecule has 0 amide bonds. The predicted molar refractivity (Wildman–Crippen MR) is 53.4 cm³/mol. The molecule has 15 heavy (non-hydrogen) atoms. The van der Waals surface area contributed by atoms with E-state index in [9.17, 15) is 0 Å². The average Bonchev–Trinajstić information content (AvgIpc) is 2.64. The standard InChI is InChI=1S/C9H8N6/c1-6-4-8(15-14-6)12-7-2-3-11-9(5-10)13-7/h2-4H,1H3,(H2,11,12,13,14,15). The van der Waals surface area contributed by atoms with Crippen LogP contribution in [-0.4, -0.2) is 20.2 Å². The lowest BCUT2D eigenvalue weighted by atomic mass is 10.4. The summed E-state index contributed by atoms with van der Waals surface area (Å²) in [5, 5.41) is 18.3. The van der Waals surface area contributed by atoms with E-state index < -0.39 is 0 Å². The molecule has 0 fully saturated rings. The fourth-order valence-corrected chi connectivity index (χ4v) is 1.10. The monoisotopic (exact) mass is 200 g/mol. The molecule has 0 atom stereocenters. The number of nitriles is 1. The van der Waals surface area contributed by atoms with Gasteiger partial charge in [-0.1, -0.05) is 0 Å². The number of hydrogen-bond acceptors (Lipinski definition) is 5. The number of rotatable bonds is 2. The first kappa shape index (κ1) is 9.15. The summed E-state index contributed by atoms with van der Waals surface area (Å²) in [7, 11) is 0. The Morgan fingerprint density at radius 3 is 3.00 bits per heavy atom. The molecule has 0 aliphatic heterocycles. The van der Waals surface area contributed by atoms with Gasteiger partial charge in [-0.3, -0.25) is 5.10 Å². The maximum absolute atomic E-state index is 8.61. The molecule has 6 nitrogen and oxygen atoms in total. The van der Waals surface area contributed by atoms with Crippen LogP contribution in [0.2, 0.25) is 0 Å². The summed E-state index contributed by atoms with van der Waals surface area (Å²) >= 11 is 0. The minimum Gasteiger partial charge on any atom is -0.323 e. The molecule has 2 N–H and O–H groups in total. The Morgan fingerprint density at radius 2 is 2.33 bits per heavy atom. The maximum Gasteiger partial charge on any atom is 0.234 e. The number of H-pyrrole nitrogens is 1. The highest BCUT2D eigenvalue weighted by Crippen LogP contribution is 2.11. The smallest absolute Gasteiger partial charge is 0.234 e. The Bertz CT molecular complexity index is 509. The lowest BCUT2D eigenvalue weighted by Crippen LogP contribution is -1.96. The van der Waals surface area contributed by atoms with Crippen molar-refractivity contribution in [3.05, 3.63) is 29.8 Å². The zero-order chi connectivity index (χ0) is 10.7. The Hall–Kier alpha value is -2.42. The largest absolute Gasteiger partial charge is 0.323 e. The van der Waals surface area contributed by atoms with E-state index in [1.165, 1.54) is 6.20 Å². The quantitative estimate of drug-likeness (QED) is 0.758. The van der Waals surface area contributed by atoms with E-state index in [2.05, 4.69) is 25.5 Å². The van der Waals surface area contributed by atoms with Crippen LogP contribution in [0.25, 0.3) is 0 Å². The van der Waals surface area contributed by atoms with Crippen molar-refractivity contribution >= 4 is 11.6 Å². The highest BCUT2D eigenvalue weighted by Gasteiger charge is 2.00. The molecule has 2 aromatic rings. The van der Waals surface area contributed by atoms with Gasteiger partial charge in [0.25, 0.3) is 0 Å². The van der Waals surface area contributed by atoms with Gasteiger partial charge in [-0.15, -0.1) is 0 Å². The van der Waals surface area contributed by atoms with Crippen LogP contribution in [0, 0.1) is 18.3 Å². The van der Waals surface area contributed by atoms with E-state index in [1.807, 2.05) is 19.1 Å². The molecule has 6 heteroatoms. The lowest BCUT2D eigenvalue weighted by Gasteiger charge is -1.99. The summed E-state index contributed by atoms with van der Waals surface area (Å²) in [6.45, 7) is 1.90. The third-order valence-corrected chi connectivity index (χ3v) is 1.72. The summed E-state index contributed by atoms with van der Waals surface area (Å²) < 4.78 is 0. The van der Waals surface area contributed by atoms with Gasteiger partial charge >= 0.3 is 0 Å². The van der Waals surface area contributed by atoms with Crippen LogP contribution in [0.3, 0.4) is 0 Å². The van der Waals surface area contributed by atoms with Gasteiger partial charge in [-0.2, -0.15) is 10.4 Å². The number of anilines is 2. The molecule has 0 aliphatic rings. The fourth-order valence-electron chi connectivity index (χ4n) is 1.10. The SMILES string of the molecule is Cc1cc(Nc2ccnc(C#N)n2)n[nH]1. The summed E-state index contributed by atoms with van der Waals surface area (Å²) in [4.78, 5) is 7.72. The molecular weight excluding hydrogens is 192 g/mol. The zero-order valence-corrected chi connectivity index (χ0v) is 8.02. The third-order valence-electron chi connectivity index (χ3n) is 1.72. The van der Waals surface area contributed by atoms with Crippen LogP contribution < -0.4 is 5.32 Å². The van der Waals surface area contributed by atoms with Gasteiger partial charge in [-0.05, 0) is 13.0 Å². The van der Waals surface area contributed by atoms with Crippen molar-refractivity contribution in [1.29, 1.82) is 5.26 Å². The normalized spacial score (nSPS) is 9.60. The van der Waals surface area contributed by atoms with Gasteiger partial charge in [0.2, 0.25) is 5.82 Å². The van der Waals surface area contributed by atoms with Crippen molar-refractivity contribution in [3.63, 3.8) is 0 Å². The summed E-state index contributed by atoms with van der Waals surface area (Å²) in [5.41, 5.74) is 0.951. The Kier molecular flexibility index (Phi) is 2.29. The van der Waals surface area contributed by atoms with Crippen LogP contribution in [0.5, 0.6) is 0 Å². The molecule has 74 valence electrons. The minimum absolute atomic E-state index is 0.132. The van der Waals surface area contributed by atoms with Crippen molar-refractivity contribution in [3.8, 4) is 6.07 Å². The molecule has 0 unspecified atom stereocenters. The second-order valence-corrected chi connectivity index (χ2v) is 2.94. The number of nitrogens with zero attached hydrogens (tertiary/aromatic N) is 4. The predicted octanol–water partition coefficient (Wildman–Crippen LogP) is 1.12. The second kappa shape index (κ2) is 3.75. The van der Waals surface area contributed by atoms with Gasteiger partial charge in [0.15, 0.2) is 5.82 Å². The first-order chi connectivity index (χ1) is 7.28. The highest BCUT2D eigenvalue weighted by molar-refractivity contribution is 5.51. The van der Waals surface area contributed by atoms with Crippen molar-refractivity contribution in [2.75, 3.05) is 5.32 Å². The maximum atomic E-state index is 8.61. The first-order valence-electron chi connectivity index (χ1n) is 4.30. The molecule has 0 bridgehead atoms. The molecule has 2 rings (SSSR count). The summed E-state index contributed by atoms with van der Waals surface area (Å²) in [6.07, 6.45) is 1.52. The van der Waals surface area contributed by atoms with Crippen LogP contribution in [0.1, 0.15) is 11.5 Å². The van der Waals surface area contributed by atoms with E-state index >= 15 is 0 Å². The topological polar surface area (TPSA) is 90.3 Å². The molecular formula is C9H8N6. The Labute approximate surface area is 86.0 Å². The molecule has 2 aromatic heterocycles. The van der Waals surface area contributed by atoms with Crippen molar-refractivity contribution < 1.29 is 0 Å². The van der Waals surface area contributed by atoms with E-state index in [0.717, 1.165) is 5.69 Å². The van der Waals surface area contributed by atoms with Crippen LogP contribution in [-0.2, 0) is 0 Å². The van der Waals surface area contributed by atoms with E-state index in [4.69, 9.17) is 5.26 Å². The molecule has 0 saturated heterocycles. The minimum atomic E-state index is 0.132. The zero-order valence-electron chi connectivity index (χ0n) is 8.02. The van der Waals surface area contributed by atoms with E-state index in [-0.39, 0.29) is 5.82 Å². The summed E-state index contributed by atoms with van der Waals surface area (Å²) in [5.74, 6) is 1.34. The number of nitrogens with one attached hydrogen (secondary N) is 2. The van der Waals surface area contributed by atoms with Gasteiger partial charge in [0, 0.05) is 18.0 Å². The molecule has 0 spiro atoms. The number of hydrogen-bond donors (Lipinski definition) is 2. The molecule has 2 heterocycles. The van der Waals surface area contributed by atoms with Crippen LogP contribution in [0.4, 0.5) is 11.6 Å². The molecule has 0 saturated carbocycles. The molecule has 0 radical (unpaired) electrons. The van der Waals surface area contributed by atoms with Crippen molar-refractivity contribution in [2.45, 2.75) is 6.92 Å². The molecule has 0 aliphatic carbocycles. The van der Waals surface area contributed by atoms with Gasteiger partial charge in [0.1, 0.15) is 11.9 Å². The second-order valence-electron chi connectivity index (χ2n) is 2.94. The molecule has 0 aromatic carbocycles. The van der Waals surface area contributed by atoms with Gasteiger partial charge in [0.05, 0.1) is 0 Å². The average molecular weight is 200 g/mol. The Morgan fingerprint density at radius 1 is 1.47 bits per heavy atom. The van der Waals surface area contributed by atoms with E-state index in [1.54, 1.807) is 6.07 Å². The first-order valence-corrected chi connectivity index (χ1v) is 4.30. The Balaban J connectivity index is 2.21. The third kappa shape index (κ3) is 2.08.